The van der Waals surface area contributed by atoms with Gasteiger partial charge in [0.25, 0.3) is 5.91 Å². The Kier molecular flexibility index (Phi) is 3.25. The van der Waals surface area contributed by atoms with Gasteiger partial charge in [-0.3, -0.25) is 9.48 Å². The monoisotopic (exact) mass is 313 g/mol. The van der Waals surface area contributed by atoms with Gasteiger partial charge in [-0.25, -0.2) is 0 Å². The van der Waals surface area contributed by atoms with Crippen LogP contribution in [-0.2, 0) is 0 Å². The number of ether oxygens (including phenoxy) is 2. The third-order valence-corrected chi connectivity index (χ3v) is 4.46. The van der Waals surface area contributed by atoms with E-state index in [-0.39, 0.29) is 18.7 Å². The van der Waals surface area contributed by atoms with Crippen molar-refractivity contribution in [1.82, 2.24) is 14.7 Å². The summed E-state index contributed by atoms with van der Waals surface area (Å²) in [6.07, 6.45) is 0.929. The summed E-state index contributed by atoms with van der Waals surface area (Å²) in [5.74, 6) is 1.38. The van der Waals surface area contributed by atoms with Gasteiger partial charge < -0.3 is 14.4 Å². The smallest absolute Gasteiger partial charge is 0.254 e. The van der Waals surface area contributed by atoms with Crippen molar-refractivity contribution < 1.29 is 14.3 Å². The van der Waals surface area contributed by atoms with E-state index in [4.69, 9.17) is 9.47 Å². The quantitative estimate of drug-likeness (QED) is 0.854. The lowest BCUT2D eigenvalue weighted by Crippen LogP contribution is -2.29. The van der Waals surface area contributed by atoms with Crippen LogP contribution in [0.2, 0.25) is 0 Å². The Morgan fingerprint density at radius 1 is 1.22 bits per heavy atom. The molecule has 4 rings (SSSR count). The Morgan fingerprint density at radius 2 is 2.04 bits per heavy atom. The number of aryl methyl sites for hydroxylation is 2. The van der Waals surface area contributed by atoms with Crippen molar-refractivity contribution in [3.05, 3.63) is 41.2 Å². The number of rotatable bonds is 2. The molecule has 2 aromatic rings. The van der Waals surface area contributed by atoms with Gasteiger partial charge in [0, 0.05) is 24.3 Å². The highest BCUT2D eigenvalue weighted by Crippen LogP contribution is 2.33. The Morgan fingerprint density at radius 3 is 2.83 bits per heavy atom. The average molecular weight is 313 g/mol. The van der Waals surface area contributed by atoms with Gasteiger partial charge in [-0.05, 0) is 44.5 Å². The Bertz CT molecular complexity index is 768. The Balaban J connectivity index is 1.51. The van der Waals surface area contributed by atoms with Crippen molar-refractivity contribution in [1.29, 1.82) is 0 Å². The summed E-state index contributed by atoms with van der Waals surface area (Å²) in [6.45, 7) is 5.71. The van der Waals surface area contributed by atoms with Gasteiger partial charge >= 0.3 is 0 Å². The van der Waals surface area contributed by atoms with Crippen LogP contribution in [0.3, 0.4) is 0 Å². The summed E-state index contributed by atoms with van der Waals surface area (Å²) in [6, 6.07) is 7.68. The first-order chi connectivity index (χ1) is 11.1. The van der Waals surface area contributed by atoms with Gasteiger partial charge in [-0.15, -0.1) is 0 Å². The fraction of sp³-hybridized carbons (Fsp3) is 0.412. The van der Waals surface area contributed by atoms with E-state index in [9.17, 15) is 4.79 Å². The zero-order valence-corrected chi connectivity index (χ0v) is 13.3. The maximum Gasteiger partial charge on any atom is 0.254 e. The number of fused-ring (bicyclic) bond motifs is 1. The molecule has 3 heterocycles. The van der Waals surface area contributed by atoms with E-state index >= 15 is 0 Å². The molecule has 23 heavy (non-hydrogen) atoms. The van der Waals surface area contributed by atoms with Crippen molar-refractivity contribution in [3.63, 3.8) is 0 Å². The van der Waals surface area contributed by atoms with E-state index in [1.807, 2.05) is 16.5 Å². The molecule has 2 aliphatic rings. The molecule has 0 bridgehead atoms. The minimum absolute atomic E-state index is 0.0346. The van der Waals surface area contributed by atoms with E-state index in [1.54, 1.807) is 18.2 Å². The summed E-state index contributed by atoms with van der Waals surface area (Å²) in [5, 5.41) is 4.55. The van der Waals surface area contributed by atoms with Gasteiger partial charge in [0.15, 0.2) is 11.5 Å². The van der Waals surface area contributed by atoms with Gasteiger partial charge in [-0.1, -0.05) is 0 Å². The van der Waals surface area contributed by atoms with E-state index in [0.29, 0.717) is 23.6 Å². The summed E-state index contributed by atoms with van der Waals surface area (Å²) >= 11 is 0. The number of carbonyl (C=O) groups is 1. The van der Waals surface area contributed by atoms with Gasteiger partial charge in [0.05, 0.1) is 11.7 Å². The van der Waals surface area contributed by atoms with Gasteiger partial charge in [0.2, 0.25) is 6.79 Å². The molecule has 1 aromatic carbocycles. The first-order valence-corrected chi connectivity index (χ1v) is 7.83. The summed E-state index contributed by atoms with van der Waals surface area (Å²) in [4.78, 5) is 14.6. The minimum Gasteiger partial charge on any atom is -0.454 e. The lowest BCUT2D eigenvalue weighted by atomic mass is 10.2. The van der Waals surface area contributed by atoms with E-state index < -0.39 is 0 Å². The highest BCUT2D eigenvalue weighted by molar-refractivity contribution is 5.95. The third-order valence-electron chi connectivity index (χ3n) is 4.46. The van der Waals surface area contributed by atoms with Crippen molar-refractivity contribution in [2.24, 2.45) is 0 Å². The number of amides is 1. The van der Waals surface area contributed by atoms with Crippen LogP contribution < -0.4 is 9.47 Å². The van der Waals surface area contributed by atoms with Crippen molar-refractivity contribution in [3.8, 4) is 11.5 Å². The summed E-state index contributed by atoms with van der Waals surface area (Å²) in [7, 11) is 0. The standard InChI is InChI=1S/C17H19N3O3/c1-11-7-12(2)20(18-11)14-5-6-19(9-14)17(21)13-3-4-15-16(8-13)23-10-22-15/h3-4,7-8,14H,5-6,9-10H2,1-2H3/t14-/m1/s1. The molecule has 0 radical (unpaired) electrons. The lowest BCUT2D eigenvalue weighted by Gasteiger charge is -2.17. The Hall–Kier alpha value is -2.50. The molecule has 6 nitrogen and oxygen atoms in total. The fourth-order valence-corrected chi connectivity index (χ4v) is 3.35. The summed E-state index contributed by atoms with van der Waals surface area (Å²) in [5.41, 5.74) is 2.80. The van der Waals surface area contributed by atoms with Crippen LogP contribution in [-0.4, -0.2) is 40.5 Å². The van der Waals surface area contributed by atoms with Crippen LogP contribution in [0, 0.1) is 13.8 Å². The molecule has 0 spiro atoms. The molecular formula is C17H19N3O3. The van der Waals surface area contributed by atoms with Crippen LogP contribution in [0.1, 0.15) is 34.2 Å². The van der Waals surface area contributed by atoms with Crippen LogP contribution in [0.15, 0.2) is 24.3 Å². The molecule has 0 unspecified atom stereocenters. The normalized spacial score (nSPS) is 19.4. The molecule has 1 aromatic heterocycles. The molecule has 0 N–H and O–H groups in total. The van der Waals surface area contributed by atoms with E-state index in [0.717, 1.165) is 24.4 Å². The zero-order valence-electron chi connectivity index (χ0n) is 13.3. The predicted octanol–water partition coefficient (Wildman–Crippen LogP) is 2.32. The molecule has 6 heteroatoms. The van der Waals surface area contributed by atoms with Crippen molar-refractivity contribution in [2.75, 3.05) is 19.9 Å². The second kappa shape index (κ2) is 5.30. The molecular weight excluding hydrogens is 294 g/mol. The zero-order chi connectivity index (χ0) is 16.0. The number of benzene rings is 1. The molecule has 1 fully saturated rings. The van der Waals surface area contributed by atoms with Crippen LogP contribution in [0.4, 0.5) is 0 Å². The number of hydrogen-bond donors (Lipinski definition) is 0. The van der Waals surface area contributed by atoms with Crippen LogP contribution in [0.5, 0.6) is 11.5 Å². The summed E-state index contributed by atoms with van der Waals surface area (Å²) < 4.78 is 12.7. The molecule has 0 aliphatic carbocycles. The predicted molar refractivity (Wildman–Crippen MR) is 83.8 cm³/mol. The first kappa shape index (κ1) is 14.1. The van der Waals surface area contributed by atoms with Gasteiger partial charge in [0.1, 0.15) is 0 Å². The number of nitrogens with zero attached hydrogens (tertiary/aromatic N) is 3. The molecule has 120 valence electrons. The number of carbonyl (C=O) groups excluding carboxylic acids is 1. The van der Waals surface area contributed by atoms with Crippen molar-refractivity contribution in [2.45, 2.75) is 26.3 Å². The minimum atomic E-state index is 0.0346. The van der Waals surface area contributed by atoms with Crippen LogP contribution in [0.25, 0.3) is 0 Å². The first-order valence-electron chi connectivity index (χ1n) is 7.83. The second-order valence-electron chi connectivity index (χ2n) is 6.13. The van der Waals surface area contributed by atoms with Crippen molar-refractivity contribution >= 4 is 5.91 Å². The third kappa shape index (κ3) is 2.44. The number of likely N-dealkylation sites (tertiary alicyclic amines) is 1. The molecule has 1 atom stereocenters. The molecule has 2 aliphatic heterocycles. The highest BCUT2D eigenvalue weighted by Gasteiger charge is 2.30. The number of hydrogen-bond acceptors (Lipinski definition) is 4. The molecule has 0 saturated carbocycles. The average Bonchev–Trinajstić information content (AvgIpc) is 3.24. The fourth-order valence-electron chi connectivity index (χ4n) is 3.35. The van der Waals surface area contributed by atoms with Crippen LogP contribution >= 0.6 is 0 Å². The maximum absolute atomic E-state index is 12.7. The largest absolute Gasteiger partial charge is 0.454 e. The van der Waals surface area contributed by atoms with E-state index in [2.05, 4.69) is 18.1 Å². The highest BCUT2D eigenvalue weighted by atomic mass is 16.7. The molecule has 1 amide bonds. The topological polar surface area (TPSA) is 56.6 Å². The lowest BCUT2D eigenvalue weighted by molar-refractivity contribution is 0.0786. The molecule has 1 saturated heterocycles. The Labute approximate surface area is 134 Å². The number of aromatic nitrogens is 2. The van der Waals surface area contributed by atoms with Gasteiger partial charge in [-0.2, -0.15) is 5.10 Å². The second-order valence-corrected chi connectivity index (χ2v) is 6.13. The SMILES string of the molecule is Cc1cc(C)n([C@@H]2CCN(C(=O)c3ccc4c(c3)OCO4)C2)n1. The maximum atomic E-state index is 12.7. The van der Waals surface area contributed by atoms with E-state index in [1.165, 1.54) is 0 Å².